The minimum atomic E-state index is -3.39. The summed E-state index contributed by atoms with van der Waals surface area (Å²) in [7, 11) is -3.39. The molecule has 0 radical (unpaired) electrons. The van der Waals surface area contributed by atoms with Crippen LogP contribution in [0.1, 0.15) is 23.7 Å². The van der Waals surface area contributed by atoms with Crippen LogP contribution < -0.4 is 14.4 Å². The Bertz CT molecular complexity index is 1340. The molecule has 200 valence electrons. The molecule has 0 amide bonds. The molecule has 0 aliphatic carbocycles. The second-order valence-corrected chi connectivity index (χ2v) is 10.9. The molecule has 11 nitrogen and oxygen atoms in total. The lowest BCUT2D eigenvalue weighted by Gasteiger charge is -2.28. The van der Waals surface area contributed by atoms with E-state index in [2.05, 4.69) is 24.7 Å². The van der Waals surface area contributed by atoms with Gasteiger partial charge in [0.25, 0.3) is 5.89 Å². The van der Waals surface area contributed by atoms with Crippen molar-refractivity contribution in [2.24, 2.45) is 0 Å². The molecule has 1 unspecified atom stereocenters. The van der Waals surface area contributed by atoms with Crippen molar-refractivity contribution >= 4 is 15.8 Å². The van der Waals surface area contributed by atoms with Gasteiger partial charge in [0.1, 0.15) is 24.3 Å². The van der Waals surface area contributed by atoms with E-state index in [-0.39, 0.29) is 13.2 Å². The van der Waals surface area contributed by atoms with Gasteiger partial charge in [-0.05, 0) is 55.7 Å². The maximum absolute atomic E-state index is 11.2. The molecule has 0 bridgehead atoms. The summed E-state index contributed by atoms with van der Waals surface area (Å²) in [6.07, 6.45) is 0.740. The van der Waals surface area contributed by atoms with E-state index >= 15 is 0 Å². The molecule has 1 aliphatic heterocycles. The Morgan fingerprint density at radius 1 is 1.14 bits per heavy atom. The Labute approximate surface area is 216 Å². The first-order valence-electron chi connectivity index (χ1n) is 12.2. The molecule has 1 saturated heterocycles. The summed E-state index contributed by atoms with van der Waals surface area (Å²) in [5.74, 6) is 2.37. The van der Waals surface area contributed by atoms with Gasteiger partial charge in [0, 0.05) is 36.5 Å². The number of nitrogens with one attached hydrogen (secondary N) is 1. The van der Waals surface area contributed by atoms with Crippen molar-refractivity contribution in [3.05, 3.63) is 41.1 Å². The smallest absolute Gasteiger partial charge is 0.258 e. The zero-order chi connectivity index (χ0) is 26.6. The SMILES string of the molecule is CCc1cc(-c2noc(-c3cc(C)nc(N4CCOCC4)c3)n2)cc(C)c1OCC(O)CNS(C)(=O)=O. The predicted molar refractivity (Wildman–Crippen MR) is 139 cm³/mol. The zero-order valence-electron chi connectivity index (χ0n) is 21.5. The first-order valence-corrected chi connectivity index (χ1v) is 14.1. The van der Waals surface area contributed by atoms with Gasteiger partial charge in [-0.2, -0.15) is 4.98 Å². The van der Waals surface area contributed by atoms with Gasteiger partial charge in [0.15, 0.2) is 0 Å². The molecule has 0 spiro atoms. The second kappa shape index (κ2) is 11.5. The topological polar surface area (TPSA) is 140 Å². The number of rotatable bonds is 10. The Kier molecular flexibility index (Phi) is 8.42. The third-order valence-electron chi connectivity index (χ3n) is 5.94. The number of anilines is 1. The number of pyridine rings is 1. The van der Waals surface area contributed by atoms with E-state index in [1.165, 1.54) is 0 Å². The molecule has 12 heteroatoms. The van der Waals surface area contributed by atoms with Crippen molar-refractivity contribution in [3.8, 4) is 28.6 Å². The number of hydrogen-bond donors (Lipinski definition) is 2. The number of hydrogen-bond acceptors (Lipinski definition) is 10. The monoisotopic (exact) mass is 531 g/mol. The van der Waals surface area contributed by atoms with Crippen LogP contribution in [0.3, 0.4) is 0 Å². The van der Waals surface area contributed by atoms with E-state index in [1.807, 2.05) is 45.0 Å². The van der Waals surface area contributed by atoms with Gasteiger partial charge in [0.05, 0.1) is 19.5 Å². The second-order valence-electron chi connectivity index (χ2n) is 9.10. The molecule has 2 N–H and O–H groups in total. The fraction of sp³-hybridized carbons (Fsp3) is 0.480. The van der Waals surface area contributed by atoms with Crippen LogP contribution in [0.15, 0.2) is 28.8 Å². The summed E-state index contributed by atoms with van der Waals surface area (Å²) >= 11 is 0. The molecule has 37 heavy (non-hydrogen) atoms. The lowest BCUT2D eigenvalue weighted by atomic mass is 10.0. The molecule has 3 aromatic rings. The van der Waals surface area contributed by atoms with Gasteiger partial charge < -0.3 is 24.0 Å². The number of aliphatic hydroxyl groups is 1. The summed E-state index contributed by atoms with van der Waals surface area (Å²) in [6, 6.07) is 7.72. The van der Waals surface area contributed by atoms with E-state index in [9.17, 15) is 13.5 Å². The van der Waals surface area contributed by atoms with Gasteiger partial charge in [-0.3, -0.25) is 0 Å². The number of ether oxygens (including phenoxy) is 2. The predicted octanol–water partition coefficient (Wildman–Crippen LogP) is 2.10. The van der Waals surface area contributed by atoms with Crippen LogP contribution in [-0.4, -0.2) is 80.5 Å². The van der Waals surface area contributed by atoms with E-state index in [1.54, 1.807) is 0 Å². The molecular formula is C25H33N5O6S. The Morgan fingerprint density at radius 2 is 1.89 bits per heavy atom. The van der Waals surface area contributed by atoms with Crippen LogP contribution in [-0.2, 0) is 21.2 Å². The first-order chi connectivity index (χ1) is 17.6. The van der Waals surface area contributed by atoms with Crippen molar-refractivity contribution in [1.29, 1.82) is 0 Å². The number of aliphatic hydroxyl groups excluding tert-OH is 1. The van der Waals surface area contributed by atoms with Crippen molar-refractivity contribution in [2.45, 2.75) is 33.3 Å². The minimum absolute atomic E-state index is 0.0467. The van der Waals surface area contributed by atoms with Gasteiger partial charge >= 0.3 is 0 Å². The van der Waals surface area contributed by atoms with Crippen molar-refractivity contribution in [1.82, 2.24) is 19.8 Å². The number of sulfonamides is 1. The number of morpholine rings is 1. The largest absolute Gasteiger partial charge is 0.490 e. The van der Waals surface area contributed by atoms with Gasteiger partial charge in [0.2, 0.25) is 15.8 Å². The van der Waals surface area contributed by atoms with E-state index in [0.29, 0.717) is 37.1 Å². The maximum Gasteiger partial charge on any atom is 0.258 e. The molecule has 2 aromatic heterocycles. The molecule has 0 saturated carbocycles. The lowest BCUT2D eigenvalue weighted by molar-refractivity contribution is 0.110. The summed E-state index contributed by atoms with van der Waals surface area (Å²) < 4.78 is 41.7. The highest BCUT2D eigenvalue weighted by atomic mass is 32.2. The Balaban J connectivity index is 1.53. The Morgan fingerprint density at radius 3 is 2.59 bits per heavy atom. The van der Waals surface area contributed by atoms with Gasteiger partial charge in [-0.1, -0.05) is 12.1 Å². The quantitative estimate of drug-likeness (QED) is 0.400. The highest BCUT2D eigenvalue weighted by Crippen LogP contribution is 2.32. The number of aromatic nitrogens is 3. The third kappa shape index (κ3) is 7.04. The molecule has 1 aliphatic rings. The van der Waals surface area contributed by atoms with Crippen LogP contribution in [0.25, 0.3) is 22.8 Å². The molecule has 4 rings (SSSR count). The fourth-order valence-corrected chi connectivity index (χ4v) is 4.61. The normalized spacial score (nSPS) is 15.1. The van der Waals surface area contributed by atoms with Gasteiger partial charge in [-0.25, -0.2) is 18.1 Å². The summed E-state index contributed by atoms with van der Waals surface area (Å²) in [4.78, 5) is 11.5. The van der Waals surface area contributed by atoms with Crippen molar-refractivity contribution in [2.75, 3.05) is 50.6 Å². The molecular weight excluding hydrogens is 498 g/mol. The standard InChI is InChI=1S/C25H33N5O6S/c1-5-18-12-19(10-16(2)23(18)35-15-21(31)14-26-37(4,32)33)24-28-25(36-29-24)20-11-17(3)27-22(13-20)30-6-8-34-9-7-30/h10-13,21,26,31H,5-9,14-15H2,1-4H3. The molecule has 3 heterocycles. The zero-order valence-corrected chi connectivity index (χ0v) is 22.3. The molecule has 1 aromatic carbocycles. The van der Waals surface area contributed by atoms with Crippen LogP contribution >= 0.6 is 0 Å². The fourth-order valence-electron chi connectivity index (χ4n) is 4.12. The average molecular weight is 532 g/mol. The number of aryl methyl sites for hydroxylation is 3. The van der Waals surface area contributed by atoms with E-state index in [4.69, 9.17) is 14.0 Å². The van der Waals surface area contributed by atoms with Crippen LogP contribution in [0.4, 0.5) is 5.82 Å². The average Bonchev–Trinajstić information content (AvgIpc) is 3.36. The van der Waals surface area contributed by atoms with Crippen LogP contribution in [0, 0.1) is 13.8 Å². The van der Waals surface area contributed by atoms with E-state index in [0.717, 1.165) is 53.1 Å². The molecule has 1 atom stereocenters. The first kappa shape index (κ1) is 27.0. The van der Waals surface area contributed by atoms with Crippen molar-refractivity contribution in [3.63, 3.8) is 0 Å². The van der Waals surface area contributed by atoms with E-state index < -0.39 is 16.1 Å². The minimum Gasteiger partial charge on any atom is -0.490 e. The van der Waals surface area contributed by atoms with Crippen LogP contribution in [0.2, 0.25) is 0 Å². The summed E-state index contributed by atoms with van der Waals surface area (Å²) in [5, 5.41) is 14.3. The lowest BCUT2D eigenvalue weighted by Crippen LogP contribution is -2.36. The highest BCUT2D eigenvalue weighted by Gasteiger charge is 2.19. The highest BCUT2D eigenvalue weighted by molar-refractivity contribution is 7.88. The number of nitrogens with zero attached hydrogens (tertiary/aromatic N) is 4. The van der Waals surface area contributed by atoms with Crippen molar-refractivity contribution < 1.29 is 27.5 Å². The number of benzene rings is 1. The summed E-state index contributed by atoms with van der Waals surface area (Å²) in [6.45, 7) is 8.58. The Hall–Kier alpha value is -3.06. The van der Waals surface area contributed by atoms with Gasteiger partial charge in [-0.15, -0.1) is 0 Å². The molecule has 1 fully saturated rings. The maximum atomic E-state index is 11.2. The summed E-state index contributed by atoms with van der Waals surface area (Å²) in [5.41, 5.74) is 4.21. The third-order valence-corrected chi connectivity index (χ3v) is 6.63. The van der Waals surface area contributed by atoms with Crippen LogP contribution in [0.5, 0.6) is 5.75 Å².